The largest absolute Gasteiger partial charge is 0.472 e. The maximum Gasteiger partial charge on any atom is 0.472 e. The van der Waals surface area contributed by atoms with E-state index in [-0.39, 0.29) is 6.42 Å². The quantitative estimate of drug-likeness (QED) is 0.0158. The fourth-order valence-corrected chi connectivity index (χ4v) is 10.3. The van der Waals surface area contributed by atoms with E-state index in [4.69, 9.17) is 9.05 Å². The molecule has 8 atom stereocenters. The summed E-state index contributed by atoms with van der Waals surface area (Å²) in [6, 6.07) is -1.24. The standard InChI is InChI=1S/C56H108NO12P/c1-3-5-7-9-11-13-15-17-19-21-23-25-27-29-31-33-35-37-39-41-43-47(58)45-50(60)57-48(46-68-70(66,67)69-56-54(64)52(62)51(61)53(63)55(56)65)49(59)44-42-40-38-36-34-32-30-28-26-24-22-20-18-16-14-12-10-8-6-4-2/h27,29,42,44,47-49,51-56,58-59,61-65H,3-26,28,30-41,43,45-46H2,1-2H3,(H,57,60)(H,66,67)/b29-27-,44-42+. The van der Waals surface area contributed by atoms with Gasteiger partial charge in [-0.25, -0.2) is 4.57 Å². The topological polar surface area (TPSA) is 226 Å². The second kappa shape index (κ2) is 45.2. The van der Waals surface area contributed by atoms with Crippen molar-refractivity contribution in [3.8, 4) is 0 Å². The highest BCUT2D eigenvalue weighted by atomic mass is 31.2. The molecule has 1 aliphatic rings. The van der Waals surface area contributed by atoms with Gasteiger partial charge in [0, 0.05) is 0 Å². The van der Waals surface area contributed by atoms with E-state index < -0.39 is 75.2 Å². The normalized spacial score (nSPS) is 21.9. The summed E-state index contributed by atoms with van der Waals surface area (Å²) >= 11 is 0. The van der Waals surface area contributed by atoms with Gasteiger partial charge >= 0.3 is 7.82 Å². The molecule has 1 rings (SSSR count). The van der Waals surface area contributed by atoms with E-state index in [1.165, 1.54) is 173 Å². The van der Waals surface area contributed by atoms with Crippen molar-refractivity contribution < 1.29 is 59.0 Å². The fraction of sp³-hybridized carbons (Fsp3) is 0.911. The highest BCUT2D eigenvalue weighted by Gasteiger charge is 2.51. The van der Waals surface area contributed by atoms with Gasteiger partial charge in [-0.05, 0) is 44.9 Å². The molecule has 1 saturated carbocycles. The van der Waals surface area contributed by atoms with Crippen molar-refractivity contribution in [1.29, 1.82) is 0 Å². The number of carbonyl (C=O) groups is 1. The Bertz CT molecular complexity index is 1290. The smallest absolute Gasteiger partial charge is 0.393 e. The van der Waals surface area contributed by atoms with Gasteiger partial charge in [0.15, 0.2) is 0 Å². The molecule has 0 radical (unpaired) electrons. The van der Waals surface area contributed by atoms with Crippen LogP contribution in [0.15, 0.2) is 24.3 Å². The first-order valence-electron chi connectivity index (χ1n) is 28.9. The number of amides is 1. The van der Waals surface area contributed by atoms with E-state index in [1.54, 1.807) is 6.08 Å². The molecule has 0 aromatic rings. The number of aliphatic hydroxyl groups excluding tert-OH is 7. The summed E-state index contributed by atoms with van der Waals surface area (Å²) in [4.78, 5) is 23.6. The van der Waals surface area contributed by atoms with Crippen molar-refractivity contribution in [2.45, 2.75) is 319 Å². The Morgan fingerprint density at radius 3 is 1.21 bits per heavy atom. The van der Waals surface area contributed by atoms with Crippen LogP contribution in [0.5, 0.6) is 0 Å². The molecule has 0 bridgehead atoms. The molecule has 0 spiro atoms. The average molecular weight is 1020 g/mol. The van der Waals surface area contributed by atoms with Crippen molar-refractivity contribution in [2.75, 3.05) is 6.61 Å². The Morgan fingerprint density at radius 2 is 0.829 bits per heavy atom. The van der Waals surface area contributed by atoms with E-state index in [0.29, 0.717) is 12.8 Å². The summed E-state index contributed by atoms with van der Waals surface area (Å²) in [6.45, 7) is 3.79. The number of hydrogen-bond acceptors (Lipinski definition) is 11. The molecule has 0 heterocycles. The Labute approximate surface area is 426 Å². The van der Waals surface area contributed by atoms with E-state index in [9.17, 15) is 50.0 Å². The van der Waals surface area contributed by atoms with E-state index >= 15 is 0 Å². The molecular formula is C56H108NO12P. The Morgan fingerprint density at radius 1 is 0.500 bits per heavy atom. The lowest BCUT2D eigenvalue weighted by Gasteiger charge is -2.41. The summed E-state index contributed by atoms with van der Waals surface area (Å²) in [7, 11) is -5.15. The molecule has 0 aromatic heterocycles. The molecule has 9 N–H and O–H groups in total. The van der Waals surface area contributed by atoms with Gasteiger partial charge in [-0.15, -0.1) is 0 Å². The van der Waals surface area contributed by atoms with Crippen molar-refractivity contribution in [3.05, 3.63) is 24.3 Å². The minimum atomic E-state index is -5.15. The molecule has 1 amide bonds. The predicted octanol–water partition coefficient (Wildman–Crippen LogP) is 11.9. The highest BCUT2D eigenvalue weighted by molar-refractivity contribution is 7.47. The number of aliphatic hydroxyl groups is 7. The van der Waals surface area contributed by atoms with Crippen LogP contribution in [0.1, 0.15) is 264 Å². The van der Waals surface area contributed by atoms with Gasteiger partial charge < -0.3 is 46.0 Å². The van der Waals surface area contributed by atoms with Crippen LogP contribution in [0.4, 0.5) is 0 Å². The number of carbonyl (C=O) groups excluding carboxylic acids is 1. The van der Waals surface area contributed by atoms with Gasteiger partial charge in [-0.3, -0.25) is 13.8 Å². The number of hydrogen-bond donors (Lipinski definition) is 9. The summed E-state index contributed by atoms with van der Waals surface area (Å²) < 4.78 is 23.0. The zero-order valence-electron chi connectivity index (χ0n) is 44.4. The summed E-state index contributed by atoms with van der Waals surface area (Å²) in [5.41, 5.74) is 0. The number of rotatable bonds is 49. The molecule has 414 valence electrons. The number of phosphoric ester groups is 1. The third-order valence-corrected chi connectivity index (χ3v) is 15.0. The molecular weight excluding hydrogens is 910 g/mol. The van der Waals surface area contributed by atoms with E-state index in [2.05, 4.69) is 31.3 Å². The van der Waals surface area contributed by atoms with Crippen LogP contribution in [0.25, 0.3) is 0 Å². The number of unbranched alkanes of at least 4 members (excludes halogenated alkanes) is 34. The van der Waals surface area contributed by atoms with Crippen LogP contribution in [-0.4, -0.2) is 108 Å². The minimum Gasteiger partial charge on any atom is -0.393 e. The molecule has 8 unspecified atom stereocenters. The summed E-state index contributed by atoms with van der Waals surface area (Å²) in [5.74, 6) is -0.593. The summed E-state index contributed by atoms with van der Waals surface area (Å²) in [5, 5.41) is 74.9. The number of nitrogens with one attached hydrogen (secondary N) is 1. The van der Waals surface area contributed by atoms with Crippen molar-refractivity contribution in [3.63, 3.8) is 0 Å². The van der Waals surface area contributed by atoms with E-state index in [1.807, 2.05) is 0 Å². The van der Waals surface area contributed by atoms with Crippen LogP contribution in [0, 0.1) is 0 Å². The Balaban J connectivity index is 2.43. The molecule has 1 aliphatic carbocycles. The van der Waals surface area contributed by atoms with E-state index in [0.717, 1.165) is 64.2 Å². The van der Waals surface area contributed by atoms with Gasteiger partial charge in [0.25, 0.3) is 0 Å². The molecule has 1 fully saturated rings. The maximum absolute atomic E-state index is 13.1. The van der Waals surface area contributed by atoms with Gasteiger partial charge in [-0.1, -0.05) is 237 Å². The maximum atomic E-state index is 13.1. The lowest BCUT2D eigenvalue weighted by atomic mass is 9.85. The molecule has 0 aliphatic heterocycles. The minimum absolute atomic E-state index is 0.248. The monoisotopic (exact) mass is 1020 g/mol. The predicted molar refractivity (Wildman–Crippen MR) is 284 cm³/mol. The zero-order chi connectivity index (χ0) is 51.5. The lowest BCUT2D eigenvalue weighted by Crippen LogP contribution is -2.64. The Hall–Kier alpha value is -1.22. The third kappa shape index (κ3) is 35.8. The van der Waals surface area contributed by atoms with Crippen molar-refractivity contribution >= 4 is 13.7 Å². The third-order valence-electron chi connectivity index (χ3n) is 14.0. The Kier molecular flexibility index (Phi) is 43.1. The first-order chi connectivity index (χ1) is 33.8. The lowest BCUT2D eigenvalue weighted by molar-refractivity contribution is -0.220. The van der Waals surface area contributed by atoms with Crippen LogP contribution < -0.4 is 5.32 Å². The van der Waals surface area contributed by atoms with Crippen molar-refractivity contribution in [2.24, 2.45) is 0 Å². The number of allylic oxidation sites excluding steroid dienone is 3. The molecule has 14 heteroatoms. The first-order valence-corrected chi connectivity index (χ1v) is 30.4. The second-order valence-electron chi connectivity index (χ2n) is 20.7. The number of phosphoric acid groups is 1. The first kappa shape index (κ1) is 66.8. The molecule has 0 aromatic carbocycles. The zero-order valence-corrected chi connectivity index (χ0v) is 45.3. The second-order valence-corrected chi connectivity index (χ2v) is 22.1. The van der Waals surface area contributed by atoms with Gasteiger partial charge in [0.1, 0.15) is 36.6 Å². The molecule has 13 nitrogen and oxygen atoms in total. The van der Waals surface area contributed by atoms with Crippen molar-refractivity contribution in [1.82, 2.24) is 5.32 Å². The molecule has 70 heavy (non-hydrogen) atoms. The SMILES string of the molecule is CCCCCCCCCCCCC/C=C\CCCCCCCC(O)CC(=O)NC(COP(=O)(O)OC1C(O)C(O)C(O)C(O)C1O)C(O)/C=C/CCCCCCCCCCCCCCCCCCCC. The van der Waals surface area contributed by atoms with Gasteiger partial charge in [0.2, 0.25) is 5.91 Å². The van der Waals surface area contributed by atoms with Gasteiger partial charge in [-0.2, -0.15) is 0 Å². The van der Waals surface area contributed by atoms with Crippen LogP contribution in [-0.2, 0) is 18.4 Å². The highest BCUT2D eigenvalue weighted by Crippen LogP contribution is 2.47. The van der Waals surface area contributed by atoms with Crippen LogP contribution >= 0.6 is 7.82 Å². The van der Waals surface area contributed by atoms with Gasteiger partial charge in [0.05, 0.1) is 31.3 Å². The molecule has 0 saturated heterocycles. The average Bonchev–Trinajstić information content (AvgIpc) is 3.34. The summed E-state index contributed by atoms with van der Waals surface area (Å²) in [6.07, 6.45) is 39.7. The van der Waals surface area contributed by atoms with Crippen LogP contribution in [0.2, 0.25) is 0 Å². The fourth-order valence-electron chi connectivity index (χ4n) is 9.36. The van der Waals surface area contributed by atoms with Crippen LogP contribution in [0.3, 0.4) is 0 Å².